The van der Waals surface area contributed by atoms with E-state index in [0.29, 0.717) is 5.75 Å². The molecule has 3 N–H and O–H groups in total. The smallest absolute Gasteiger partial charge is 0.231 e. The summed E-state index contributed by atoms with van der Waals surface area (Å²) in [6, 6.07) is 3.00. The van der Waals surface area contributed by atoms with Gasteiger partial charge in [0.25, 0.3) is 0 Å². The lowest BCUT2D eigenvalue weighted by molar-refractivity contribution is 0.167. The number of nitrogens with two attached hydrogens (primary N) is 1. The van der Waals surface area contributed by atoms with Crippen LogP contribution in [-0.2, 0) is 0 Å². The standard InChI is InChI=1S/C9H10FNO3/c10-8-5(6(12)3-11)1-2-7-9(8)14-4-13-7/h1-2,6,12H,3-4,11H2. The molecule has 1 aromatic carbocycles. The van der Waals surface area contributed by atoms with E-state index in [1.165, 1.54) is 6.07 Å². The molecule has 14 heavy (non-hydrogen) atoms. The number of hydrogen-bond donors (Lipinski definition) is 2. The Morgan fingerprint density at radius 2 is 2.29 bits per heavy atom. The Labute approximate surface area is 80.0 Å². The van der Waals surface area contributed by atoms with Crippen molar-refractivity contribution in [2.45, 2.75) is 6.10 Å². The molecule has 0 saturated heterocycles. The Balaban J connectivity index is 2.44. The summed E-state index contributed by atoms with van der Waals surface area (Å²) >= 11 is 0. The fourth-order valence-corrected chi connectivity index (χ4v) is 1.34. The van der Waals surface area contributed by atoms with Crippen molar-refractivity contribution in [1.82, 2.24) is 0 Å². The van der Waals surface area contributed by atoms with E-state index in [1.807, 2.05) is 0 Å². The van der Waals surface area contributed by atoms with Crippen molar-refractivity contribution >= 4 is 0 Å². The molecule has 0 bridgehead atoms. The highest BCUT2D eigenvalue weighted by molar-refractivity contribution is 5.46. The average molecular weight is 199 g/mol. The van der Waals surface area contributed by atoms with Gasteiger partial charge < -0.3 is 20.3 Å². The first-order chi connectivity index (χ1) is 6.74. The monoisotopic (exact) mass is 199 g/mol. The Bertz CT molecular complexity index is 356. The molecule has 0 saturated carbocycles. The molecule has 1 aliphatic heterocycles. The van der Waals surface area contributed by atoms with Gasteiger partial charge in [0.2, 0.25) is 12.5 Å². The first-order valence-corrected chi connectivity index (χ1v) is 4.20. The third-order valence-electron chi connectivity index (χ3n) is 2.09. The zero-order chi connectivity index (χ0) is 10.1. The number of aliphatic hydroxyl groups excluding tert-OH is 1. The van der Waals surface area contributed by atoms with Crippen molar-refractivity contribution in [3.8, 4) is 11.5 Å². The number of halogens is 1. The molecule has 1 aliphatic rings. The summed E-state index contributed by atoms with van der Waals surface area (Å²) in [6.07, 6.45) is -1.01. The molecule has 0 radical (unpaired) electrons. The molecular weight excluding hydrogens is 189 g/mol. The highest BCUT2D eigenvalue weighted by atomic mass is 19.1. The van der Waals surface area contributed by atoms with Crippen LogP contribution in [0.25, 0.3) is 0 Å². The number of ether oxygens (including phenoxy) is 2. The highest BCUT2D eigenvalue weighted by Gasteiger charge is 2.23. The van der Waals surface area contributed by atoms with E-state index < -0.39 is 11.9 Å². The van der Waals surface area contributed by atoms with Crippen molar-refractivity contribution < 1.29 is 19.0 Å². The van der Waals surface area contributed by atoms with Crippen LogP contribution in [-0.4, -0.2) is 18.4 Å². The predicted molar refractivity (Wildman–Crippen MR) is 46.5 cm³/mol. The maximum absolute atomic E-state index is 13.6. The molecule has 0 fully saturated rings. The second-order valence-electron chi connectivity index (χ2n) is 2.95. The van der Waals surface area contributed by atoms with Crippen LogP contribution in [0.4, 0.5) is 4.39 Å². The van der Waals surface area contributed by atoms with Gasteiger partial charge >= 0.3 is 0 Å². The van der Waals surface area contributed by atoms with Crippen molar-refractivity contribution in [2.75, 3.05) is 13.3 Å². The zero-order valence-corrected chi connectivity index (χ0v) is 7.37. The number of hydrogen-bond acceptors (Lipinski definition) is 4. The van der Waals surface area contributed by atoms with Gasteiger partial charge in [0.1, 0.15) is 0 Å². The molecule has 4 nitrogen and oxygen atoms in total. The average Bonchev–Trinajstić information content (AvgIpc) is 2.66. The lowest BCUT2D eigenvalue weighted by atomic mass is 10.1. The van der Waals surface area contributed by atoms with Gasteiger partial charge in [0.15, 0.2) is 11.6 Å². The van der Waals surface area contributed by atoms with Crippen molar-refractivity contribution in [3.63, 3.8) is 0 Å². The van der Waals surface area contributed by atoms with E-state index >= 15 is 0 Å². The van der Waals surface area contributed by atoms with E-state index in [0.717, 1.165) is 0 Å². The first kappa shape index (κ1) is 9.23. The molecule has 0 aliphatic carbocycles. The van der Waals surface area contributed by atoms with E-state index in [2.05, 4.69) is 0 Å². The number of benzene rings is 1. The summed E-state index contributed by atoms with van der Waals surface area (Å²) in [5, 5.41) is 9.38. The van der Waals surface area contributed by atoms with Crippen molar-refractivity contribution in [2.24, 2.45) is 5.73 Å². The maximum Gasteiger partial charge on any atom is 0.231 e. The van der Waals surface area contributed by atoms with E-state index in [1.54, 1.807) is 6.07 Å². The van der Waals surface area contributed by atoms with Gasteiger partial charge in [-0.25, -0.2) is 4.39 Å². The number of rotatable bonds is 2. The van der Waals surface area contributed by atoms with Crippen LogP contribution in [0.2, 0.25) is 0 Å². The summed E-state index contributed by atoms with van der Waals surface area (Å²) in [7, 11) is 0. The minimum absolute atomic E-state index is 0.00836. The SMILES string of the molecule is NCC(O)c1ccc2c(c1F)OCO2. The predicted octanol–water partition coefficient (Wildman–Crippen LogP) is 0.546. The second-order valence-corrected chi connectivity index (χ2v) is 2.95. The fraction of sp³-hybridized carbons (Fsp3) is 0.333. The largest absolute Gasteiger partial charge is 0.453 e. The van der Waals surface area contributed by atoms with E-state index in [4.69, 9.17) is 15.2 Å². The summed E-state index contributed by atoms with van der Waals surface area (Å²) in [5.41, 5.74) is 5.37. The van der Waals surface area contributed by atoms with Crippen molar-refractivity contribution in [3.05, 3.63) is 23.5 Å². The second kappa shape index (κ2) is 3.43. The quantitative estimate of drug-likeness (QED) is 0.729. The van der Waals surface area contributed by atoms with E-state index in [9.17, 15) is 9.50 Å². The molecule has 0 amide bonds. The normalized spacial score (nSPS) is 15.6. The number of fused-ring (bicyclic) bond motifs is 1. The molecule has 76 valence electrons. The lowest BCUT2D eigenvalue weighted by Gasteiger charge is -2.10. The van der Waals surface area contributed by atoms with Crippen molar-refractivity contribution in [1.29, 1.82) is 0 Å². The highest BCUT2D eigenvalue weighted by Crippen LogP contribution is 2.37. The molecule has 2 rings (SSSR count). The summed E-state index contributed by atoms with van der Waals surface area (Å²) < 4.78 is 23.5. The van der Waals surface area contributed by atoms with Crippen LogP contribution >= 0.6 is 0 Å². The molecule has 5 heteroatoms. The Hall–Kier alpha value is -1.33. The Kier molecular flexibility index (Phi) is 2.26. The van der Waals surface area contributed by atoms with E-state index in [-0.39, 0.29) is 24.7 Å². The van der Waals surface area contributed by atoms with Gasteiger partial charge in [-0.2, -0.15) is 0 Å². The molecule has 1 heterocycles. The molecular formula is C9H10FNO3. The van der Waals surface area contributed by atoms with Crippen LogP contribution in [0.1, 0.15) is 11.7 Å². The van der Waals surface area contributed by atoms with Crippen LogP contribution in [0.15, 0.2) is 12.1 Å². The van der Waals surface area contributed by atoms with Crippen LogP contribution in [0.3, 0.4) is 0 Å². The zero-order valence-electron chi connectivity index (χ0n) is 7.37. The molecule has 0 spiro atoms. The lowest BCUT2D eigenvalue weighted by Crippen LogP contribution is -2.13. The van der Waals surface area contributed by atoms with Crippen LogP contribution in [0.5, 0.6) is 11.5 Å². The minimum Gasteiger partial charge on any atom is -0.453 e. The first-order valence-electron chi connectivity index (χ1n) is 4.20. The Morgan fingerprint density at radius 3 is 3.00 bits per heavy atom. The summed E-state index contributed by atoms with van der Waals surface area (Å²) in [4.78, 5) is 0. The molecule has 1 aromatic rings. The summed E-state index contributed by atoms with van der Waals surface area (Å²) in [5.74, 6) is -0.191. The number of aliphatic hydroxyl groups is 1. The van der Waals surface area contributed by atoms with Gasteiger partial charge in [-0.05, 0) is 12.1 Å². The van der Waals surface area contributed by atoms with Gasteiger partial charge in [-0.1, -0.05) is 0 Å². The molecule has 0 aromatic heterocycles. The van der Waals surface area contributed by atoms with Gasteiger partial charge in [0.05, 0.1) is 6.10 Å². The van der Waals surface area contributed by atoms with Gasteiger partial charge in [-0.3, -0.25) is 0 Å². The van der Waals surface area contributed by atoms with Crippen LogP contribution < -0.4 is 15.2 Å². The topological polar surface area (TPSA) is 64.7 Å². The maximum atomic E-state index is 13.6. The van der Waals surface area contributed by atoms with Crippen LogP contribution in [0, 0.1) is 5.82 Å². The molecule has 1 unspecified atom stereocenters. The fourth-order valence-electron chi connectivity index (χ4n) is 1.34. The Morgan fingerprint density at radius 1 is 1.50 bits per heavy atom. The van der Waals surface area contributed by atoms with Gasteiger partial charge in [-0.15, -0.1) is 0 Å². The summed E-state index contributed by atoms with van der Waals surface area (Å²) in [6.45, 7) is -0.0228. The van der Waals surface area contributed by atoms with Gasteiger partial charge in [0, 0.05) is 12.1 Å². The third kappa shape index (κ3) is 1.30. The minimum atomic E-state index is -1.01. The third-order valence-corrected chi connectivity index (χ3v) is 2.09. The molecule has 1 atom stereocenters.